The Kier molecular flexibility index (Phi) is 5.23. The Morgan fingerprint density at radius 3 is 2.50 bits per heavy atom. The summed E-state index contributed by atoms with van der Waals surface area (Å²) in [4.78, 5) is 2.16. The number of nitrogens with zero attached hydrogens (tertiary/aromatic N) is 1. The van der Waals surface area contributed by atoms with Crippen molar-refractivity contribution >= 4 is 11.8 Å². The molecule has 2 N–H and O–H groups in total. The molecule has 0 atom stereocenters. The fraction of sp³-hybridized carbons (Fsp3) is 1.00. The van der Waals surface area contributed by atoms with Crippen molar-refractivity contribution in [2.45, 2.75) is 18.4 Å². The summed E-state index contributed by atoms with van der Waals surface area (Å²) in [5.74, 6) is 2.35. The van der Waals surface area contributed by atoms with Crippen LogP contribution in [-0.4, -0.2) is 60.8 Å². The second-order valence-electron chi connectivity index (χ2n) is 4.28. The minimum absolute atomic E-state index is 0.0151. The average molecular weight is 218 g/mol. The number of aliphatic hydroxyl groups excluding tert-OH is 1. The predicted molar refractivity (Wildman–Crippen MR) is 62.9 cm³/mol. The zero-order valence-electron chi connectivity index (χ0n) is 9.25. The number of hydrogen-bond acceptors (Lipinski definition) is 4. The minimum Gasteiger partial charge on any atom is -0.394 e. The molecule has 1 aliphatic rings. The highest BCUT2D eigenvalue weighted by atomic mass is 32.2. The lowest BCUT2D eigenvalue weighted by Crippen LogP contribution is -2.52. The molecule has 84 valence electrons. The van der Waals surface area contributed by atoms with Gasteiger partial charge >= 0.3 is 0 Å². The van der Waals surface area contributed by atoms with Gasteiger partial charge in [0.25, 0.3) is 0 Å². The van der Waals surface area contributed by atoms with Crippen molar-refractivity contribution < 1.29 is 5.11 Å². The Hall–Kier alpha value is 0.230. The third-order valence-corrected chi connectivity index (χ3v) is 3.80. The second-order valence-corrected chi connectivity index (χ2v) is 5.51. The van der Waals surface area contributed by atoms with Gasteiger partial charge in [-0.25, -0.2) is 0 Å². The van der Waals surface area contributed by atoms with Crippen molar-refractivity contribution in [2.75, 3.05) is 45.3 Å². The van der Waals surface area contributed by atoms with Gasteiger partial charge in [0, 0.05) is 18.6 Å². The van der Waals surface area contributed by atoms with Gasteiger partial charge in [-0.3, -0.25) is 0 Å². The van der Waals surface area contributed by atoms with Gasteiger partial charge in [-0.2, -0.15) is 11.8 Å². The van der Waals surface area contributed by atoms with Crippen LogP contribution in [0, 0.1) is 0 Å². The smallest absolute Gasteiger partial charge is 0.0613 e. The van der Waals surface area contributed by atoms with Crippen LogP contribution in [0.1, 0.15) is 12.8 Å². The Morgan fingerprint density at radius 2 is 2.00 bits per heavy atom. The number of rotatable bonds is 5. The van der Waals surface area contributed by atoms with E-state index in [1.54, 1.807) is 0 Å². The molecule has 4 heteroatoms. The molecule has 0 radical (unpaired) electrons. The summed E-state index contributed by atoms with van der Waals surface area (Å²) in [7, 11) is 4.15. The Bertz CT molecular complexity index is 158. The van der Waals surface area contributed by atoms with Crippen molar-refractivity contribution in [1.29, 1.82) is 0 Å². The van der Waals surface area contributed by atoms with Crippen LogP contribution in [0.4, 0.5) is 0 Å². The molecule has 0 spiro atoms. The molecular formula is C10H22N2OS. The fourth-order valence-electron chi connectivity index (χ4n) is 1.70. The first kappa shape index (κ1) is 12.3. The summed E-state index contributed by atoms with van der Waals surface area (Å²) in [6, 6.07) is 0. The van der Waals surface area contributed by atoms with Crippen LogP contribution in [-0.2, 0) is 0 Å². The van der Waals surface area contributed by atoms with Crippen LogP contribution in [0.3, 0.4) is 0 Å². The second kappa shape index (κ2) is 5.95. The highest BCUT2D eigenvalue weighted by Gasteiger charge is 2.30. The third-order valence-electron chi connectivity index (χ3n) is 2.81. The molecule has 3 nitrogen and oxygen atoms in total. The Balaban J connectivity index is 2.29. The minimum atomic E-state index is 0.0151. The Morgan fingerprint density at radius 1 is 1.36 bits per heavy atom. The van der Waals surface area contributed by atoms with E-state index >= 15 is 0 Å². The summed E-state index contributed by atoms with van der Waals surface area (Å²) < 4.78 is 0. The molecule has 1 rings (SSSR count). The Labute approximate surface area is 91.2 Å². The van der Waals surface area contributed by atoms with Crippen LogP contribution in [0.25, 0.3) is 0 Å². The van der Waals surface area contributed by atoms with Crippen LogP contribution >= 0.6 is 11.8 Å². The number of nitrogens with one attached hydrogen (secondary N) is 1. The normalized spacial score (nSPS) is 21.4. The maximum absolute atomic E-state index is 9.42. The molecular weight excluding hydrogens is 196 g/mol. The van der Waals surface area contributed by atoms with Crippen LogP contribution < -0.4 is 5.32 Å². The van der Waals surface area contributed by atoms with E-state index in [1.165, 1.54) is 11.5 Å². The average Bonchev–Trinajstić information content (AvgIpc) is 2.19. The van der Waals surface area contributed by atoms with Crippen LogP contribution in [0.2, 0.25) is 0 Å². The van der Waals surface area contributed by atoms with E-state index in [1.807, 2.05) is 11.8 Å². The zero-order chi connectivity index (χ0) is 10.4. The standard InChI is InChI=1S/C10H22N2OS/c1-12(2)6-5-11-10(9-13)3-7-14-8-4-10/h11,13H,3-9H2,1-2H3. The summed E-state index contributed by atoms with van der Waals surface area (Å²) in [6.45, 7) is 2.29. The van der Waals surface area contributed by atoms with E-state index in [2.05, 4.69) is 24.3 Å². The highest BCUT2D eigenvalue weighted by molar-refractivity contribution is 7.99. The van der Waals surface area contributed by atoms with E-state index in [0.717, 1.165) is 25.9 Å². The molecule has 1 aliphatic heterocycles. The van der Waals surface area contributed by atoms with Gasteiger partial charge in [0.15, 0.2) is 0 Å². The number of hydrogen-bond donors (Lipinski definition) is 2. The largest absolute Gasteiger partial charge is 0.394 e. The highest BCUT2D eigenvalue weighted by Crippen LogP contribution is 2.26. The van der Waals surface area contributed by atoms with Gasteiger partial charge in [-0.15, -0.1) is 0 Å². The first-order valence-electron chi connectivity index (χ1n) is 5.27. The SMILES string of the molecule is CN(C)CCNC1(CO)CCSCC1. The van der Waals surface area contributed by atoms with Crippen LogP contribution in [0.15, 0.2) is 0 Å². The van der Waals surface area contributed by atoms with Gasteiger partial charge in [0.1, 0.15) is 0 Å². The molecule has 1 fully saturated rings. The maximum Gasteiger partial charge on any atom is 0.0613 e. The van der Waals surface area contributed by atoms with Crippen molar-refractivity contribution in [3.05, 3.63) is 0 Å². The summed E-state index contributed by atoms with van der Waals surface area (Å²) in [6.07, 6.45) is 2.20. The molecule has 0 aromatic carbocycles. The van der Waals surface area contributed by atoms with Gasteiger partial charge in [-0.1, -0.05) is 0 Å². The molecule has 0 unspecified atom stereocenters. The van der Waals surface area contributed by atoms with Gasteiger partial charge in [0.2, 0.25) is 0 Å². The summed E-state index contributed by atoms with van der Waals surface area (Å²) in [5.41, 5.74) is 0.0151. The topological polar surface area (TPSA) is 35.5 Å². The van der Waals surface area contributed by atoms with E-state index in [-0.39, 0.29) is 12.1 Å². The molecule has 0 aromatic heterocycles. The van der Waals surface area contributed by atoms with Crippen molar-refractivity contribution in [1.82, 2.24) is 10.2 Å². The quantitative estimate of drug-likeness (QED) is 0.700. The third kappa shape index (κ3) is 3.77. The fourth-order valence-corrected chi connectivity index (χ4v) is 2.97. The van der Waals surface area contributed by atoms with Crippen molar-refractivity contribution in [2.24, 2.45) is 0 Å². The van der Waals surface area contributed by atoms with Crippen molar-refractivity contribution in [3.8, 4) is 0 Å². The molecule has 0 aromatic rings. The van der Waals surface area contributed by atoms with E-state index < -0.39 is 0 Å². The molecule has 1 heterocycles. The first-order chi connectivity index (χ1) is 6.68. The van der Waals surface area contributed by atoms with Gasteiger partial charge < -0.3 is 15.3 Å². The maximum atomic E-state index is 9.42. The lowest BCUT2D eigenvalue weighted by atomic mass is 9.93. The monoisotopic (exact) mass is 218 g/mol. The lowest BCUT2D eigenvalue weighted by Gasteiger charge is -2.36. The number of thioether (sulfide) groups is 1. The van der Waals surface area contributed by atoms with E-state index in [9.17, 15) is 5.11 Å². The van der Waals surface area contributed by atoms with E-state index in [0.29, 0.717) is 0 Å². The number of likely N-dealkylation sites (N-methyl/N-ethyl adjacent to an activating group) is 1. The first-order valence-corrected chi connectivity index (χ1v) is 6.42. The molecule has 0 saturated carbocycles. The molecule has 14 heavy (non-hydrogen) atoms. The van der Waals surface area contributed by atoms with Gasteiger partial charge in [0.05, 0.1) is 6.61 Å². The van der Waals surface area contributed by atoms with E-state index in [4.69, 9.17) is 0 Å². The predicted octanol–water partition coefficient (Wildman–Crippen LogP) is 0.396. The summed E-state index contributed by atoms with van der Waals surface area (Å²) in [5, 5.41) is 12.9. The lowest BCUT2D eigenvalue weighted by molar-refractivity contribution is 0.148. The summed E-state index contributed by atoms with van der Waals surface area (Å²) >= 11 is 1.99. The van der Waals surface area contributed by atoms with Crippen LogP contribution in [0.5, 0.6) is 0 Å². The molecule has 0 aliphatic carbocycles. The molecule has 0 bridgehead atoms. The molecule has 0 amide bonds. The molecule has 1 saturated heterocycles. The van der Waals surface area contributed by atoms with Crippen molar-refractivity contribution in [3.63, 3.8) is 0 Å². The number of aliphatic hydroxyl groups is 1. The zero-order valence-corrected chi connectivity index (χ0v) is 10.1. The van der Waals surface area contributed by atoms with Gasteiger partial charge in [-0.05, 0) is 38.4 Å².